The highest BCUT2D eigenvalue weighted by Gasteiger charge is 2.27. The van der Waals surface area contributed by atoms with Crippen molar-refractivity contribution in [3.05, 3.63) is 23.8 Å². The molecule has 1 saturated heterocycles. The Balaban J connectivity index is 2.26. The Morgan fingerprint density at radius 1 is 1.17 bits per heavy atom. The van der Waals surface area contributed by atoms with Crippen LogP contribution in [0.15, 0.2) is 23.1 Å². The number of nitrogens with one attached hydrogen (secondary N) is 1. The molecule has 1 heterocycles. The lowest BCUT2D eigenvalue weighted by atomic mass is 10.0. The molecule has 1 N–H and O–H groups in total. The fourth-order valence-electron chi connectivity index (χ4n) is 3.10. The van der Waals surface area contributed by atoms with Crippen molar-refractivity contribution in [3.63, 3.8) is 0 Å². The maximum absolute atomic E-state index is 12.9. The van der Waals surface area contributed by atoms with E-state index in [4.69, 9.17) is 0 Å². The normalized spacial score (nSPS) is 16.3. The molecule has 0 aromatic heterocycles. The number of nitrogens with zero attached hydrogens (tertiary/aromatic N) is 1. The molecule has 0 bridgehead atoms. The van der Waals surface area contributed by atoms with Crippen molar-refractivity contribution in [1.29, 1.82) is 0 Å². The number of rotatable bonds is 6. The van der Waals surface area contributed by atoms with Gasteiger partial charge in [0.15, 0.2) is 0 Å². The topological polar surface area (TPSA) is 66.5 Å². The molecule has 0 saturated carbocycles. The lowest BCUT2D eigenvalue weighted by molar-refractivity contribution is -0.120. The molecule has 1 aromatic rings. The Labute approximate surface area is 145 Å². The average molecular weight is 353 g/mol. The molecule has 0 radical (unpaired) electrons. The molecular weight excluding hydrogens is 324 g/mol. The van der Waals surface area contributed by atoms with Crippen LogP contribution >= 0.6 is 0 Å². The van der Waals surface area contributed by atoms with Crippen LogP contribution in [0.4, 0.5) is 5.69 Å². The van der Waals surface area contributed by atoms with Gasteiger partial charge in [0.25, 0.3) is 0 Å². The number of aryl methyl sites for hydroxylation is 1. The number of hydrogen-bond donors (Lipinski definition) is 1. The number of amides is 1. The third-order valence-corrected chi connectivity index (χ3v) is 6.79. The number of benzene rings is 1. The van der Waals surface area contributed by atoms with Crippen molar-refractivity contribution in [2.45, 2.75) is 57.8 Å². The van der Waals surface area contributed by atoms with Crippen molar-refractivity contribution in [1.82, 2.24) is 4.31 Å². The summed E-state index contributed by atoms with van der Waals surface area (Å²) in [6.07, 6.45) is 4.43. The van der Waals surface area contributed by atoms with Crippen LogP contribution in [0.1, 0.15) is 51.5 Å². The Hall–Kier alpha value is -1.40. The van der Waals surface area contributed by atoms with Gasteiger partial charge in [-0.2, -0.15) is 4.31 Å². The van der Waals surface area contributed by atoms with Gasteiger partial charge in [0, 0.05) is 24.7 Å². The van der Waals surface area contributed by atoms with E-state index >= 15 is 0 Å². The Morgan fingerprint density at radius 2 is 1.79 bits per heavy atom. The van der Waals surface area contributed by atoms with E-state index in [1.165, 1.54) is 0 Å². The molecular formula is C18H28N2O3S. The van der Waals surface area contributed by atoms with Crippen molar-refractivity contribution in [3.8, 4) is 0 Å². The molecule has 5 nitrogen and oxygen atoms in total. The molecule has 0 atom stereocenters. The van der Waals surface area contributed by atoms with Crippen LogP contribution in [0.2, 0.25) is 0 Å². The molecule has 24 heavy (non-hydrogen) atoms. The average Bonchev–Trinajstić information content (AvgIpc) is 2.58. The second-order valence-electron chi connectivity index (χ2n) is 6.45. The van der Waals surface area contributed by atoms with E-state index in [0.717, 1.165) is 32.1 Å². The Morgan fingerprint density at radius 3 is 2.38 bits per heavy atom. The van der Waals surface area contributed by atoms with Gasteiger partial charge in [0.1, 0.15) is 0 Å². The van der Waals surface area contributed by atoms with Gasteiger partial charge in [-0.15, -0.1) is 0 Å². The zero-order valence-electron chi connectivity index (χ0n) is 14.8. The number of carbonyl (C=O) groups excluding carboxylic acids is 1. The standard InChI is InChI=1S/C18H28N2O3S/c1-4-15(5-2)18(21)19-16-10-9-14(3)17(13-16)24(22,23)20-11-7-6-8-12-20/h9-10,13,15H,4-8,11-12H2,1-3H3,(H,19,21). The van der Waals surface area contributed by atoms with E-state index in [2.05, 4.69) is 5.32 Å². The second-order valence-corrected chi connectivity index (χ2v) is 8.35. The molecule has 1 aliphatic rings. The summed E-state index contributed by atoms with van der Waals surface area (Å²) in [4.78, 5) is 12.5. The van der Waals surface area contributed by atoms with Crippen LogP contribution in [0, 0.1) is 12.8 Å². The fraction of sp³-hybridized carbons (Fsp3) is 0.611. The zero-order chi connectivity index (χ0) is 17.7. The summed E-state index contributed by atoms with van der Waals surface area (Å²) in [6.45, 7) is 6.91. The first-order valence-electron chi connectivity index (χ1n) is 8.81. The van der Waals surface area contributed by atoms with Gasteiger partial charge in [0.2, 0.25) is 15.9 Å². The minimum atomic E-state index is -3.50. The van der Waals surface area contributed by atoms with Crippen LogP contribution in [0.3, 0.4) is 0 Å². The maximum atomic E-state index is 12.9. The van der Waals surface area contributed by atoms with Crippen molar-refractivity contribution in [2.75, 3.05) is 18.4 Å². The first-order chi connectivity index (χ1) is 11.4. The van der Waals surface area contributed by atoms with Gasteiger partial charge >= 0.3 is 0 Å². The van der Waals surface area contributed by atoms with E-state index in [9.17, 15) is 13.2 Å². The predicted molar refractivity (Wildman–Crippen MR) is 96.5 cm³/mol. The maximum Gasteiger partial charge on any atom is 0.243 e. The summed E-state index contributed by atoms with van der Waals surface area (Å²) in [5.74, 6) is -0.0985. The van der Waals surface area contributed by atoms with Crippen molar-refractivity contribution >= 4 is 21.6 Å². The van der Waals surface area contributed by atoms with Crippen LogP contribution in [0.5, 0.6) is 0 Å². The van der Waals surface area contributed by atoms with E-state index in [1.807, 2.05) is 13.8 Å². The van der Waals surface area contributed by atoms with Crippen molar-refractivity contribution < 1.29 is 13.2 Å². The van der Waals surface area contributed by atoms with Crippen LogP contribution in [-0.4, -0.2) is 31.7 Å². The molecule has 6 heteroatoms. The second kappa shape index (κ2) is 8.12. The Bertz CT molecular complexity index is 676. The first kappa shape index (κ1) is 18.9. The van der Waals surface area contributed by atoms with E-state index in [1.54, 1.807) is 29.4 Å². The minimum absolute atomic E-state index is 0.0477. The minimum Gasteiger partial charge on any atom is -0.326 e. The number of carbonyl (C=O) groups is 1. The molecule has 1 aromatic carbocycles. The highest BCUT2D eigenvalue weighted by molar-refractivity contribution is 7.89. The quantitative estimate of drug-likeness (QED) is 0.851. The van der Waals surface area contributed by atoms with Gasteiger partial charge in [0.05, 0.1) is 4.90 Å². The molecule has 0 unspecified atom stereocenters. The molecule has 0 spiro atoms. The van der Waals surface area contributed by atoms with Gasteiger partial charge < -0.3 is 5.32 Å². The molecule has 1 aliphatic heterocycles. The van der Waals surface area contributed by atoms with Crippen LogP contribution < -0.4 is 5.32 Å². The summed E-state index contributed by atoms with van der Waals surface area (Å²) < 4.78 is 27.4. The summed E-state index contributed by atoms with van der Waals surface area (Å²) in [5.41, 5.74) is 1.26. The van der Waals surface area contributed by atoms with E-state index < -0.39 is 10.0 Å². The number of hydrogen-bond acceptors (Lipinski definition) is 3. The van der Waals surface area contributed by atoms with Crippen LogP contribution in [-0.2, 0) is 14.8 Å². The summed E-state index contributed by atoms with van der Waals surface area (Å²) >= 11 is 0. The monoisotopic (exact) mass is 352 g/mol. The van der Waals surface area contributed by atoms with Gasteiger partial charge in [-0.25, -0.2) is 8.42 Å². The van der Waals surface area contributed by atoms with E-state index in [0.29, 0.717) is 29.2 Å². The highest BCUT2D eigenvalue weighted by Crippen LogP contribution is 2.26. The number of piperidine rings is 1. The largest absolute Gasteiger partial charge is 0.326 e. The highest BCUT2D eigenvalue weighted by atomic mass is 32.2. The summed E-state index contributed by atoms with van der Waals surface area (Å²) in [6, 6.07) is 5.13. The van der Waals surface area contributed by atoms with Crippen molar-refractivity contribution in [2.24, 2.45) is 5.92 Å². The molecule has 2 rings (SSSR count). The smallest absolute Gasteiger partial charge is 0.243 e. The predicted octanol–water partition coefficient (Wildman–Crippen LogP) is 3.54. The van der Waals surface area contributed by atoms with E-state index in [-0.39, 0.29) is 11.8 Å². The molecule has 1 amide bonds. The number of anilines is 1. The van der Waals surface area contributed by atoms with Gasteiger partial charge in [-0.3, -0.25) is 4.79 Å². The van der Waals surface area contributed by atoms with Gasteiger partial charge in [-0.1, -0.05) is 26.3 Å². The lowest BCUT2D eigenvalue weighted by Crippen LogP contribution is -2.36. The molecule has 1 fully saturated rings. The zero-order valence-corrected chi connectivity index (χ0v) is 15.7. The van der Waals surface area contributed by atoms with Crippen LogP contribution in [0.25, 0.3) is 0 Å². The summed E-state index contributed by atoms with van der Waals surface area (Å²) in [7, 11) is -3.50. The SMILES string of the molecule is CCC(CC)C(=O)Nc1ccc(C)c(S(=O)(=O)N2CCCCC2)c1. The van der Waals surface area contributed by atoms with Gasteiger partial charge in [-0.05, 0) is 50.3 Å². The number of sulfonamides is 1. The fourth-order valence-corrected chi connectivity index (χ4v) is 4.87. The first-order valence-corrected chi connectivity index (χ1v) is 10.3. The third-order valence-electron chi connectivity index (χ3n) is 4.74. The molecule has 134 valence electrons. The lowest BCUT2D eigenvalue weighted by Gasteiger charge is -2.26. The third kappa shape index (κ3) is 4.16. The molecule has 0 aliphatic carbocycles. The summed E-state index contributed by atoms with van der Waals surface area (Å²) in [5, 5.41) is 2.86. The Kier molecular flexibility index (Phi) is 6.40.